The molecule has 0 saturated carbocycles. The van der Waals surface area contributed by atoms with E-state index >= 15 is 0 Å². The molecule has 0 spiro atoms. The van der Waals surface area contributed by atoms with E-state index in [4.69, 9.17) is 9.47 Å². The zero-order chi connectivity index (χ0) is 22.8. The number of carbonyl (C=O) groups excluding carboxylic acids is 2. The molecule has 0 heterocycles. The molecule has 4 heteroatoms. The normalized spacial score (nSPS) is 20.5. The Balaban J connectivity index is 2.31. The van der Waals surface area contributed by atoms with E-state index in [1.54, 1.807) is 0 Å². The molecule has 0 saturated heterocycles. The standard InChI is InChI=1S/C27H48O4/c1-4-6-8-10-12-13-15-18-22-30-25(28)24-20-16-17-21-27(24,3)26(29)31-23-19-14-11-9-7-5-2/h17,21,24H,4-16,18-20,22-23H2,1-3H3. The van der Waals surface area contributed by atoms with Crippen LogP contribution in [0.4, 0.5) is 0 Å². The summed E-state index contributed by atoms with van der Waals surface area (Å²) in [5.41, 5.74) is -0.906. The molecule has 1 aliphatic rings. The lowest BCUT2D eigenvalue weighted by molar-refractivity contribution is -0.166. The monoisotopic (exact) mass is 436 g/mol. The summed E-state index contributed by atoms with van der Waals surface area (Å²) in [5.74, 6) is -0.971. The van der Waals surface area contributed by atoms with Crippen LogP contribution in [-0.2, 0) is 19.1 Å². The van der Waals surface area contributed by atoms with E-state index < -0.39 is 11.3 Å². The number of rotatable bonds is 18. The minimum Gasteiger partial charge on any atom is -0.465 e. The molecule has 2 atom stereocenters. The van der Waals surface area contributed by atoms with Gasteiger partial charge in [0.15, 0.2) is 0 Å². The fourth-order valence-electron chi connectivity index (χ4n) is 4.29. The lowest BCUT2D eigenvalue weighted by Gasteiger charge is -2.34. The quantitative estimate of drug-likeness (QED) is 0.126. The van der Waals surface area contributed by atoms with E-state index in [1.807, 2.05) is 19.1 Å². The number of hydrogen-bond donors (Lipinski definition) is 0. The molecule has 0 N–H and O–H groups in total. The molecule has 31 heavy (non-hydrogen) atoms. The second kappa shape index (κ2) is 17.3. The van der Waals surface area contributed by atoms with E-state index in [0.717, 1.165) is 32.1 Å². The molecule has 0 bridgehead atoms. The Morgan fingerprint density at radius 1 is 0.774 bits per heavy atom. The van der Waals surface area contributed by atoms with Crippen LogP contribution in [0.2, 0.25) is 0 Å². The van der Waals surface area contributed by atoms with Crippen molar-refractivity contribution >= 4 is 11.9 Å². The fourth-order valence-corrected chi connectivity index (χ4v) is 4.29. The van der Waals surface area contributed by atoms with E-state index in [9.17, 15) is 9.59 Å². The summed E-state index contributed by atoms with van der Waals surface area (Å²) < 4.78 is 11.1. The van der Waals surface area contributed by atoms with Crippen LogP contribution in [0.5, 0.6) is 0 Å². The Bertz CT molecular complexity index is 513. The second-order valence-electron chi connectivity index (χ2n) is 9.36. The van der Waals surface area contributed by atoms with Gasteiger partial charge in [-0.3, -0.25) is 9.59 Å². The SMILES string of the molecule is CCCCCCCCCCOC(=O)C1CCC=CC1(C)C(=O)OCCCCCCCC. The summed E-state index contributed by atoms with van der Waals surface area (Å²) in [6.45, 7) is 7.16. The van der Waals surface area contributed by atoms with Gasteiger partial charge < -0.3 is 9.47 Å². The zero-order valence-electron chi connectivity index (χ0n) is 20.6. The molecule has 0 aromatic carbocycles. The molecular weight excluding hydrogens is 388 g/mol. The number of carbonyl (C=O) groups is 2. The first-order valence-corrected chi connectivity index (χ1v) is 13.1. The fraction of sp³-hybridized carbons (Fsp3) is 0.852. The van der Waals surface area contributed by atoms with Gasteiger partial charge in [-0.15, -0.1) is 0 Å². The van der Waals surface area contributed by atoms with Crippen molar-refractivity contribution in [1.82, 2.24) is 0 Å². The van der Waals surface area contributed by atoms with Crippen molar-refractivity contribution in [1.29, 1.82) is 0 Å². The van der Waals surface area contributed by atoms with Gasteiger partial charge >= 0.3 is 11.9 Å². The zero-order valence-corrected chi connectivity index (χ0v) is 20.6. The minimum absolute atomic E-state index is 0.244. The van der Waals surface area contributed by atoms with Crippen LogP contribution in [0.3, 0.4) is 0 Å². The molecule has 0 fully saturated rings. The van der Waals surface area contributed by atoms with Gasteiger partial charge in [-0.1, -0.05) is 103 Å². The van der Waals surface area contributed by atoms with Crippen molar-refractivity contribution in [2.24, 2.45) is 11.3 Å². The summed E-state index contributed by atoms with van der Waals surface area (Å²) in [6, 6.07) is 0. The van der Waals surface area contributed by atoms with E-state index in [0.29, 0.717) is 19.6 Å². The summed E-state index contributed by atoms with van der Waals surface area (Å²) in [5, 5.41) is 0. The Morgan fingerprint density at radius 3 is 1.81 bits per heavy atom. The van der Waals surface area contributed by atoms with Crippen LogP contribution < -0.4 is 0 Å². The maximum absolute atomic E-state index is 12.8. The molecule has 2 unspecified atom stereocenters. The highest BCUT2D eigenvalue weighted by Crippen LogP contribution is 2.38. The lowest BCUT2D eigenvalue weighted by atomic mass is 9.71. The van der Waals surface area contributed by atoms with Crippen molar-refractivity contribution < 1.29 is 19.1 Å². The highest BCUT2D eigenvalue weighted by atomic mass is 16.5. The van der Waals surface area contributed by atoms with Gasteiger partial charge in [-0.2, -0.15) is 0 Å². The van der Waals surface area contributed by atoms with Gasteiger partial charge in [0, 0.05) is 0 Å². The number of hydrogen-bond acceptors (Lipinski definition) is 4. The Kier molecular flexibility index (Phi) is 15.4. The maximum atomic E-state index is 12.8. The summed E-state index contributed by atoms with van der Waals surface area (Å²) in [4.78, 5) is 25.5. The number of allylic oxidation sites excluding steroid dienone is 1. The van der Waals surface area contributed by atoms with Crippen molar-refractivity contribution in [3.8, 4) is 0 Å². The van der Waals surface area contributed by atoms with Crippen LogP contribution in [0.25, 0.3) is 0 Å². The highest BCUT2D eigenvalue weighted by molar-refractivity contribution is 5.87. The number of ether oxygens (including phenoxy) is 2. The molecule has 0 radical (unpaired) electrons. The molecule has 4 nitrogen and oxygen atoms in total. The first kappa shape index (κ1) is 27.7. The van der Waals surface area contributed by atoms with Crippen molar-refractivity contribution in [3.05, 3.63) is 12.2 Å². The van der Waals surface area contributed by atoms with Gasteiger partial charge in [-0.05, 0) is 32.6 Å². The van der Waals surface area contributed by atoms with Crippen molar-refractivity contribution in [2.45, 2.75) is 124 Å². The molecule has 0 aromatic rings. The molecular formula is C27H48O4. The predicted molar refractivity (Wildman–Crippen MR) is 128 cm³/mol. The third-order valence-electron chi connectivity index (χ3n) is 6.51. The smallest absolute Gasteiger partial charge is 0.316 e. The lowest BCUT2D eigenvalue weighted by Crippen LogP contribution is -2.42. The van der Waals surface area contributed by atoms with E-state index in [2.05, 4.69) is 13.8 Å². The molecule has 0 amide bonds. The third kappa shape index (κ3) is 11.2. The highest BCUT2D eigenvalue weighted by Gasteiger charge is 2.46. The van der Waals surface area contributed by atoms with Gasteiger partial charge in [-0.25, -0.2) is 0 Å². The second-order valence-corrected chi connectivity index (χ2v) is 9.36. The third-order valence-corrected chi connectivity index (χ3v) is 6.51. The van der Waals surface area contributed by atoms with Gasteiger partial charge in [0.1, 0.15) is 0 Å². The Labute approximate surface area is 191 Å². The van der Waals surface area contributed by atoms with E-state index in [1.165, 1.54) is 64.2 Å². The maximum Gasteiger partial charge on any atom is 0.316 e. The van der Waals surface area contributed by atoms with Crippen LogP contribution in [0.15, 0.2) is 12.2 Å². The van der Waals surface area contributed by atoms with Gasteiger partial charge in [0.25, 0.3) is 0 Å². The van der Waals surface area contributed by atoms with Crippen molar-refractivity contribution in [3.63, 3.8) is 0 Å². The Morgan fingerprint density at radius 2 is 1.26 bits per heavy atom. The summed E-state index contributed by atoms with van der Waals surface area (Å²) in [7, 11) is 0. The number of unbranched alkanes of at least 4 members (excludes halogenated alkanes) is 12. The van der Waals surface area contributed by atoms with Crippen LogP contribution in [0.1, 0.15) is 124 Å². The molecule has 1 rings (SSSR count). The molecule has 0 aliphatic heterocycles. The Hall–Kier alpha value is -1.32. The van der Waals surface area contributed by atoms with Crippen LogP contribution in [0, 0.1) is 11.3 Å². The molecule has 0 aromatic heterocycles. The average molecular weight is 437 g/mol. The van der Waals surface area contributed by atoms with Gasteiger partial charge in [0.05, 0.1) is 24.5 Å². The number of esters is 2. The topological polar surface area (TPSA) is 52.6 Å². The van der Waals surface area contributed by atoms with Crippen LogP contribution >= 0.6 is 0 Å². The predicted octanol–water partition coefficient (Wildman–Crippen LogP) is 7.55. The molecule has 180 valence electrons. The van der Waals surface area contributed by atoms with Crippen molar-refractivity contribution in [2.75, 3.05) is 13.2 Å². The van der Waals surface area contributed by atoms with Crippen LogP contribution in [-0.4, -0.2) is 25.2 Å². The minimum atomic E-state index is -0.906. The first-order valence-electron chi connectivity index (χ1n) is 13.1. The summed E-state index contributed by atoms with van der Waals surface area (Å²) >= 11 is 0. The molecule has 1 aliphatic carbocycles. The summed E-state index contributed by atoms with van der Waals surface area (Å²) in [6.07, 6.45) is 21.9. The average Bonchev–Trinajstić information content (AvgIpc) is 2.77. The first-order chi connectivity index (χ1) is 15.1. The van der Waals surface area contributed by atoms with Gasteiger partial charge in [0.2, 0.25) is 0 Å². The largest absolute Gasteiger partial charge is 0.465 e. The van der Waals surface area contributed by atoms with E-state index in [-0.39, 0.29) is 11.9 Å².